The molecule has 2 atom stereocenters. The van der Waals surface area contributed by atoms with E-state index in [1.54, 1.807) is 19.4 Å². The maximum Gasteiger partial charge on any atom is 0.254 e. The molecule has 0 radical (unpaired) electrons. The second kappa shape index (κ2) is 9.83. The van der Waals surface area contributed by atoms with Gasteiger partial charge in [0.15, 0.2) is 11.3 Å². The number of fused-ring (bicyclic) bond motifs is 5. The minimum atomic E-state index is 0.0147. The Kier molecular flexibility index (Phi) is 5.80. The van der Waals surface area contributed by atoms with E-state index in [2.05, 4.69) is 49.3 Å². The number of pyridine rings is 1. The third kappa shape index (κ3) is 4.22. The van der Waals surface area contributed by atoms with Gasteiger partial charge in [-0.1, -0.05) is 18.2 Å². The third-order valence-corrected chi connectivity index (χ3v) is 10.4. The van der Waals surface area contributed by atoms with Gasteiger partial charge in [-0.25, -0.2) is 4.98 Å². The predicted molar refractivity (Wildman–Crippen MR) is 177 cm³/mol. The summed E-state index contributed by atoms with van der Waals surface area (Å²) in [6.07, 6.45) is 7.62. The topological polar surface area (TPSA) is 85.2 Å². The average molecular weight is 598 g/mol. The largest absolute Gasteiger partial charge is 0.494 e. The monoisotopic (exact) mass is 597 g/mol. The maximum absolute atomic E-state index is 13.7. The second-order valence-corrected chi connectivity index (χ2v) is 13.3. The molecule has 8 nitrogen and oxygen atoms in total. The van der Waals surface area contributed by atoms with Crippen molar-refractivity contribution in [1.29, 1.82) is 0 Å². The molecule has 1 N–H and O–H groups in total. The number of piperidine rings is 1. The first kappa shape index (κ1) is 26.5. The van der Waals surface area contributed by atoms with Gasteiger partial charge in [-0.05, 0) is 91.5 Å². The van der Waals surface area contributed by atoms with Gasteiger partial charge in [-0.2, -0.15) is 0 Å². The van der Waals surface area contributed by atoms with Crippen LogP contribution in [0.25, 0.3) is 55.5 Å². The Hall–Kier alpha value is -4.85. The fourth-order valence-electron chi connectivity index (χ4n) is 7.88. The first-order valence-electron chi connectivity index (χ1n) is 16.1. The van der Waals surface area contributed by atoms with E-state index >= 15 is 0 Å². The van der Waals surface area contributed by atoms with Crippen molar-refractivity contribution in [3.8, 4) is 28.4 Å². The zero-order valence-electron chi connectivity index (χ0n) is 25.5. The van der Waals surface area contributed by atoms with E-state index < -0.39 is 0 Å². The molecular weight excluding hydrogens is 562 g/mol. The number of rotatable bonds is 6. The Labute approximate surface area is 260 Å². The van der Waals surface area contributed by atoms with Crippen molar-refractivity contribution in [2.24, 2.45) is 18.9 Å². The van der Waals surface area contributed by atoms with Gasteiger partial charge >= 0.3 is 0 Å². The summed E-state index contributed by atoms with van der Waals surface area (Å²) in [5.74, 6) is 2.89. The number of carbonyl (C=O) groups is 1. The van der Waals surface area contributed by atoms with Crippen LogP contribution in [-0.4, -0.2) is 49.6 Å². The molecule has 8 heteroatoms. The molecule has 9 rings (SSSR count). The molecule has 1 aliphatic heterocycles. The zero-order chi connectivity index (χ0) is 30.4. The van der Waals surface area contributed by atoms with Gasteiger partial charge in [0.2, 0.25) is 0 Å². The number of nitrogens with zero attached hydrogens (tertiary/aromatic N) is 4. The van der Waals surface area contributed by atoms with Gasteiger partial charge in [-0.3, -0.25) is 9.59 Å². The number of hydrogen-bond acceptors (Lipinski definition) is 4. The van der Waals surface area contributed by atoms with Gasteiger partial charge in [0.05, 0.1) is 18.3 Å². The number of hydrogen-bond donors (Lipinski definition) is 1. The minimum absolute atomic E-state index is 0.0147. The highest BCUT2D eigenvalue weighted by Gasteiger charge is 2.40. The average Bonchev–Trinajstić information content (AvgIpc) is 3.34. The smallest absolute Gasteiger partial charge is 0.254 e. The van der Waals surface area contributed by atoms with Crippen LogP contribution >= 0.6 is 0 Å². The van der Waals surface area contributed by atoms with E-state index in [0.717, 1.165) is 76.0 Å². The van der Waals surface area contributed by atoms with Crippen molar-refractivity contribution >= 4 is 38.7 Å². The summed E-state index contributed by atoms with van der Waals surface area (Å²) in [6.45, 7) is 1.78. The van der Waals surface area contributed by atoms with Crippen LogP contribution in [0.4, 0.5) is 0 Å². The number of imidazole rings is 1. The molecule has 45 heavy (non-hydrogen) atoms. The summed E-state index contributed by atoms with van der Waals surface area (Å²) in [5.41, 5.74) is 7.43. The summed E-state index contributed by atoms with van der Waals surface area (Å²) in [7, 11) is 3.70. The Morgan fingerprint density at radius 2 is 1.84 bits per heavy atom. The number of nitrogens with one attached hydrogen (secondary N) is 1. The first-order valence-corrected chi connectivity index (χ1v) is 16.1. The van der Waals surface area contributed by atoms with E-state index in [9.17, 15) is 9.59 Å². The lowest BCUT2D eigenvalue weighted by Crippen LogP contribution is -2.37. The van der Waals surface area contributed by atoms with Crippen molar-refractivity contribution in [2.45, 2.75) is 44.7 Å². The van der Waals surface area contributed by atoms with Crippen LogP contribution in [0, 0.1) is 11.8 Å². The number of methoxy groups -OCH3 is 1. The van der Waals surface area contributed by atoms with Crippen molar-refractivity contribution in [3.63, 3.8) is 0 Å². The molecule has 6 aromatic rings. The summed E-state index contributed by atoms with van der Waals surface area (Å²) < 4.78 is 10.4. The zero-order valence-corrected chi connectivity index (χ0v) is 25.5. The predicted octanol–water partition coefficient (Wildman–Crippen LogP) is 6.75. The number of benzene rings is 3. The first-order chi connectivity index (χ1) is 21.9. The highest BCUT2D eigenvalue weighted by Crippen LogP contribution is 2.41. The normalized spacial score (nSPS) is 19.4. The second-order valence-electron chi connectivity index (χ2n) is 13.3. The molecule has 2 bridgehead atoms. The third-order valence-electron chi connectivity index (χ3n) is 10.4. The van der Waals surface area contributed by atoms with Crippen LogP contribution in [0.15, 0.2) is 71.7 Å². The summed E-state index contributed by atoms with van der Waals surface area (Å²) in [6, 6.07) is 20.6. The quantitative estimate of drug-likeness (QED) is 0.230. The Morgan fingerprint density at radius 3 is 2.62 bits per heavy atom. The number of amides is 1. The van der Waals surface area contributed by atoms with E-state index in [0.29, 0.717) is 34.6 Å². The molecule has 0 spiro atoms. The summed E-state index contributed by atoms with van der Waals surface area (Å²) >= 11 is 0. The lowest BCUT2D eigenvalue weighted by atomic mass is 10.0. The molecule has 3 aliphatic rings. The number of H-pyrrole nitrogens is 1. The van der Waals surface area contributed by atoms with Crippen molar-refractivity contribution < 1.29 is 9.53 Å². The van der Waals surface area contributed by atoms with Crippen molar-refractivity contribution in [2.75, 3.05) is 13.7 Å². The molecule has 4 heterocycles. The summed E-state index contributed by atoms with van der Waals surface area (Å²) in [4.78, 5) is 36.6. The van der Waals surface area contributed by atoms with Crippen molar-refractivity contribution in [3.05, 3.63) is 82.6 Å². The fraction of sp³-hybridized carbons (Fsp3) is 0.324. The van der Waals surface area contributed by atoms with E-state index in [4.69, 9.17) is 9.72 Å². The highest BCUT2D eigenvalue weighted by atomic mass is 16.5. The SMILES string of the molecule is COc1cc(C(=O)N2CC3CCC2C3)cc2nc(-c3cc4ccc(-c5ccc6[nH]ccc(=O)c6c5)cc4n3CC3CC3)n(C)c12. The molecule has 1 amide bonds. The minimum Gasteiger partial charge on any atom is -0.494 e. The number of ether oxygens (including phenoxy) is 1. The van der Waals surface area contributed by atoms with Gasteiger partial charge in [0, 0.05) is 65.8 Å². The van der Waals surface area contributed by atoms with Crippen LogP contribution in [-0.2, 0) is 13.6 Å². The number of likely N-dealkylation sites (tertiary alicyclic amines) is 1. The molecule has 3 fully saturated rings. The number of aromatic amines is 1. The van der Waals surface area contributed by atoms with Crippen LogP contribution in [0.3, 0.4) is 0 Å². The molecule has 2 unspecified atom stereocenters. The van der Waals surface area contributed by atoms with Crippen LogP contribution < -0.4 is 10.2 Å². The molecule has 1 saturated heterocycles. The maximum atomic E-state index is 13.7. The van der Waals surface area contributed by atoms with Gasteiger partial charge < -0.3 is 23.8 Å². The molecular formula is C37H35N5O3. The fourth-order valence-corrected chi connectivity index (χ4v) is 7.88. The standard InChI is InChI=1S/C37H35N5O3/c1-40-35-30(15-26(18-34(35)45-2)37(44)41-20-22-5-9-27(41)13-22)39-36(40)32-17-25-7-6-24(16-31(25)42(32)19-21-3-4-21)23-8-10-29-28(14-23)33(43)11-12-38-29/h6-8,10-12,14-18,21-22,27H,3-5,9,13,19-20H2,1-2H3,(H,38,43). The molecule has 226 valence electrons. The molecule has 2 saturated carbocycles. The Morgan fingerprint density at radius 1 is 1.00 bits per heavy atom. The lowest BCUT2D eigenvalue weighted by Gasteiger charge is -2.27. The Bertz CT molecular complexity index is 2240. The number of carbonyl (C=O) groups excluding carboxylic acids is 1. The van der Waals surface area contributed by atoms with Gasteiger partial charge in [-0.15, -0.1) is 0 Å². The number of aromatic nitrogens is 4. The highest BCUT2D eigenvalue weighted by molar-refractivity contribution is 6.00. The van der Waals surface area contributed by atoms with E-state index in [1.807, 2.05) is 31.3 Å². The summed E-state index contributed by atoms with van der Waals surface area (Å²) in [5, 5.41) is 1.83. The van der Waals surface area contributed by atoms with Crippen LogP contribution in [0.1, 0.15) is 42.5 Å². The van der Waals surface area contributed by atoms with E-state index in [-0.39, 0.29) is 11.3 Å². The molecule has 3 aromatic carbocycles. The van der Waals surface area contributed by atoms with Crippen molar-refractivity contribution in [1.82, 2.24) is 24.0 Å². The van der Waals surface area contributed by atoms with Gasteiger partial charge in [0.25, 0.3) is 5.91 Å². The molecule has 2 aliphatic carbocycles. The van der Waals surface area contributed by atoms with E-state index in [1.165, 1.54) is 19.3 Å². The number of aryl methyl sites for hydroxylation is 1. The van der Waals surface area contributed by atoms with Gasteiger partial charge in [0.1, 0.15) is 11.3 Å². The van der Waals surface area contributed by atoms with Crippen LogP contribution in [0.2, 0.25) is 0 Å². The Balaban J connectivity index is 1.17. The molecule has 3 aromatic heterocycles. The van der Waals surface area contributed by atoms with Crippen LogP contribution in [0.5, 0.6) is 5.75 Å². The lowest BCUT2D eigenvalue weighted by molar-refractivity contribution is 0.0703.